The molecule has 0 aromatic heterocycles. The van der Waals surface area contributed by atoms with Crippen LogP contribution in [0.3, 0.4) is 0 Å². The molecule has 1 aromatic rings. The lowest BCUT2D eigenvalue weighted by Gasteiger charge is -2.24. The van der Waals surface area contributed by atoms with Gasteiger partial charge in [-0.2, -0.15) is 0 Å². The Morgan fingerprint density at radius 3 is 2.11 bits per heavy atom. The van der Waals surface area contributed by atoms with Gasteiger partial charge in [0.1, 0.15) is 5.75 Å². The molecule has 0 spiro atoms. The summed E-state index contributed by atoms with van der Waals surface area (Å²) in [6.07, 6.45) is 12.0. The molecule has 2 saturated carbocycles. The monoisotopic (exact) mass is 244 g/mol. The molecule has 0 unspecified atom stereocenters. The van der Waals surface area contributed by atoms with Crippen molar-refractivity contribution in [3.05, 3.63) is 29.3 Å². The molecule has 0 heterocycles. The Bertz CT molecular complexity index is 398. The molecule has 1 nitrogen and oxygen atoms in total. The smallest absolute Gasteiger partial charge is 0.119 e. The molecule has 2 fully saturated rings. The highest BCUT2D eigenvalue weighted by Crippen LogP contribution is 2.41. The highest BCUT2D eigenvalue weighted by molar-refractivity contribution is 5.40. The van der Waals surface area contributed by atoms with Crippen LogP contribution in [-0.2, 0) is 0 Å². The van der Waals surface area contributed by atoms with Gasteiger partial charge in [0.2, 0.25) is 0 Å². The Labute approximate surface area is 110 Å². The third-order valence-corrected chi connectivity index (χ3v) is 4.92. The van der Waals surface area contributed by atoms with Crippen LogP contribution in [0, 0.1) is 0 Å². The number of hydrogen-bond donors (Lipinski definition) is 1. The van der Waals surface area contributed by atoms with Crippen molar-refractivity contribution in [1.82, 2.24) is 0 Å². The molecule has 0 bridgehead atoms. The molecule has 1 heteroatoms. The van der Waals surface area contributed by atoms with Gasteiger partial charge >= 0.3 is 0 Å². The minimum absolute atomic E-state index is 0.531. The van der Waals surface area contributed by atoms with E-state index < -0.39 is 0 Å². The van der Waals surface area contributed by atoms with E-state index in [-0.39, 0.29) is 0 Å². The van der Waals surface area contributed by atoms with Crippen LogP contribution in [0.25, 0.3) is 0 Å². The second-order valence-corrected chi connectivity index (χ2v) is 6.13. The summed E-state index contributed by atoms with van der Waals surface area (Å²) in [5, 5.41) is 10.1. The van der Waals surface area contributed by atoms with E-state index in [4.69, 9.17) is 0 Å². The lowest BCUT2D eigenvalue weighted by molar-refractivity contribution is 0.413. The van der Waals surface area contributed by atoms with Crippen LogP contribution in [0.15, 0.2) is 18.2 Å². The lowest BCUT2D eigenvalue weighted by Crippen LogP contribution is -2.06. The molecule has 2 aliphatic rings. The summed E-state index contributed by atoms with van der Waals surface area (Å²) in [5.41, 5.74) is 2.71. The van der Waals surface area contributed by atoms with Crippen LogP contribution in [0.2, 0.25) is 0 Å². The number of phenolic OH excluding ortho intramolecular Hbond substituents is 1. The summed E-state index contributed by atoms with van der Waals surface area (Å²) >= 11 is 0. The predicted octanol–water partition coefficient (Wildman–Crippen LogP) is 5.10. The second-order valence-electron chi connectivity index (χ2n) is 6.13. The van der Waals surface area contributed by atoms with E-state index >= 15 is 0 Å². The van der Waals surface area contributed by atoms with Crippen molar-refractivity contribution in [3.8, 4) is 5.75 Å². The van der Waals surface area contributed by atoms with Gasteiger partial charge in [0, 0.05) is 0 Å². The van der Waals surface area contributed by atoms with Gasteiger partial charge < -0.3 is 5.11 Å². The summed E-state index contributed by atoms with van der Waals surface area (Å²) in [6.45, 7) is 0. The number of hydrogen-bond acceptors (Lipinski definition) is 1. The van der Waals surface area contributed by atoms with Gasteiger partial charge in [0.25, 0.3) is 0 Å². The fourth-order valence-electron chi connectivity index (χ4n) is 3.83. The molecule has 0 saturated heterocycles. The molecule has 0 aliphatic heterocycles. The number of aromatic hydroxyl groups is 1. The van der Waals surface area contributed by atoms with Crippen LogP contribution in [0.5, 0.6) is 5.75 Å². The van der Waals surface area contributed by atoms with Gasteiger partial charge in [-0.05, 0) is 54.7 Å². The highest BCUT2D eigenvalue weighted by atomic mass is 16.3. The van der Waals surface area contributed by atoms with Gasteiger partial charge in [-0.25, -0.2) is 0 Å². The van der Waals surface area contributed by atoms with Crippen molar-refractivity contribution in [1.29, 1.82) is 0 Å². The Morgan fingerprint density at radius 2 is 1.39 bits per heavy atom. The van der Waals surface area contributed by atoms with E-state index in [9.17, 15) is 5.11 Å². The molecule has 1 N–H and O–H groups in total. The van der Waals surface area contributed by atoms with E-state index in [2.05, 4.69) is 12.1 Å². The van der Waals surface area contributed by atoms with Crippen LogP contribution in [-0.4, -0.2) is 5.11 Å². The Hall–Kier alpha value is -0.980. The molecular weight excluding hydrogens is 220 g/mol. The van der Waals surface area contributed by atoms with Crippen molar-refractivity contribution >= 4 is 0 Å². The lowest BCUT2D eigenvalue weighted by atomic mass is 9.82. The van der Waals surface area contributed by atoms with E-state index in [0.717, 1.165) is 5.92 Å². The predicted molar refractivity (Wildman–Crippen MR) is 75.1 cm³/mol. The quantitative estimate of drug-likeness (QED) is 0.767. The van der Waals surface area contributed by atoms with E-state index in [1.54, 1.807) is 0 Å². The van der Waals surface area contributed by atoms with Gasteiger partial charge in [-0.3, -0.25) is 0 Å². The molecule has 18 heavy (non-hydrogen) atoms. The maximum absolute atomic E-state index is 10.1. The van der Waals surface area contributed by atoms with Crippen LogP contribution < -0.4 is 0 Å². The second kappa shape index (κ2) is 5.34. The molecular formula is C17H24O. The minimum atomic E-state index is 0.531. The van der Waals surface area contributed by atoms with E-state index in [1.165, 1.54) is 68.9 Å². The number of phenols is 1. The zero-order valence-electron chi connectivity index (χ0n) is 11.2. The zero-order chi connectivity index (χ0) is 12.4. The standard InChI is InChI=1S/C17H24O/c18-17-11-10-15(13-6-4-5-7-13)12-16(17)14-8-2-1-3-9-14/h10-14,18H,1-9H2. The highest BCUT2D eigenvalue weighted by Gasteiger charge is 2.22. The Morgan fingerprint density at radius 1 is 0.778 bits per heavy atom. The molecule has 3 rings (SSSR count). The Kier molecular flexibility index (Phi) is 3.58. The first-order valence-electron chi connectivity index (χ1n) is 7.67. The Balaban J connectivity index is 1.85. The van der Waals surface area contributed by atoms with E-state index in [1.807, 2.05) is 6.07 Å². The van der Waals surface area contributed by atoms with Crippen LogP contribution in [0.1, 0.15) is 80.8 Å². The average Bonchev–Trinajstić information content (AvgIpc) is 2.94. The third kappa shape index (κ3) is 2.41. The summed E-state index contributed by atoms with van der Waals surface area (Å²) in [5.74, 6) is 1.90. The fourth-order valence-corrected chi connectivity index (χ4v) is 3.83. The first-order chi connectivity index (χ1) is 8.84. The first kappa shape index (κ1) is 12.1. The maximum atomic E-state index is 10.1. The molecule has 98 valence electrons. The van der Waals surface area contributed by atoms with Gasteiger partial charge in [-0.15, -0.1) is 0 Å². The maximum Gasteiger partial charge on any atom is 0.119 e. The van der Waals surface area contributed by atoms with Crippen molar-refractivity contribution in [2.24, 2.45) is 0 Å². The summed E-state index contributed by atoms with van der Waals surface area (Å²) in [6, 6.07) is 6.41. The van der Waals surface area contributed by atoms with Gasteiger partial charge in [-0.1, -0.05) is 44.2 Å². The van der Waals surface area contributed by atoms with Crippen LogP contribution >= 0.6 is 0 Å². The van der Waals surface area contributed by atoms with Crippen molar-refractivity contribution in [2.75, 3.05) is 0 Å². The SMILES string of the molecule is Oc1ccc(C2CCCC2)cc1C1CCCCC1. The molecule has 1 aromatic carbocycles. The molecule has 0 atom stereocenters. The first-order valence-corrected chi connectivity index (χ1v) is 7.67. The fraction of sp³-hybridized carbons (Fsp3) is 0.647. The van der Waals surface area contributed by atoms with Crippen LogP contribution in [0.4, 0.5) is 0 Å². The largest absolute Gasteiger partial charge is 0.508 e. The van der Waals surface area contributed by atoms with Gasteiger partial charge in [0.15, 0.2) is 0 Å². The topological polar surface area (TPSA) is 20.2 Å². The molecule has 0 radical (unpaired) electrons. The summed E-state index contributed by atoms with van der Waals surface area (Å²) in [4.78, 5) is 0. The van der Waals surface area contributed by atoms with E-state index in [0.29, 0.717) is 11.7 Å². The number of benzene rings is 1. The molecule has 0 amide bonds. The normalized spacial score (nSPS) is 22.4. The zero-order valence-corrected chi connectivity index (χ0v) is 11.2. The summed E-state index contributed by atoms with van der Waals surface area (Å²) in [7, 11) is 0. The van der Waals surface area contributed by atoms with Crippen molar-refractivity contribution in [3.63, 3.8) is 0 Å². The minimum Gasteiger partial charge on any atom is -0.508 e. The average molecular weight is 244 g/mol. The van der Waals surface area contributed by atoms with Crippen molar-refractivity contribution in [2.45, 2.75) is 69.6 Å². The molecule has 2 aliphatic carbocycles. The van der Waals surface area contributed by atoms with Gasteiger partial charge in [0.05, 0.1) is 0 Å². The van der Waals surface area contributed by atoms with Crippen molar-refractivity contribution < 1.29 is 5.11 Å². The number of rotatable bonds is 2. The third-order valence-electron chi connectivity index (χ3n) is 4.92. The summed E-state index contributed by atoms with van der Waals surface area (Å²) < 4.78 is 0.